The van der Waals surface area contributed by atoms with Gasteiger partial charge in [-0.05, 0) is 132 Å². The fraction of sp³-hybridized carbons (Fsp3) is 0.745. The van der Waals surface area contributed by atoms with Gasteiger partial charge in [0.15, 0.2) is 0 Å². The predicted octanol–water partition coefficient (Wildman–Crippen LogP) is 14.4. The van der Waals surface area contributed by atoms with Crippen molar-refractivity contribution in [2.24, 2.45) is 9.98 Å². The van der Waals surface area contributed by atoms with E-state index in [9.17, 15) is 10.2 Å². The van der Waals surface area contributed by atoms with Gasteiger partial charge in [0.25, 0.3) is 0 Å². The molecule has 0 amide bonds. The smallest absolute Gasteiger partial charge is 0.128 e. The summed E-state index contributed by atoms with van der Waals surface area (Å²) in [5, 5.41) is 22.6. The van der Waals surface area contributed by atoms with Gasteiger partial charge in [-0.25, -0.2) is 0 Å². The first-order valence-electron chi connectivity index (χ1n) is 25.4. The number of quaternary nitrogens is 2. The van der Waals surface area contributed by atoms with Crippen molar-refractivity contribution in [2.45, 2.75) is 210 Å². The molecular weight excluding hydrogens is 808 g/mol. The minimum Gasteiger partial charge on any atom is -0.507 e. The van der Waals surface area contributed by atoms with Crippen molar-refractivity contribution in [3.05, 3.63) is 57.6 Å². The van der Waals surface area contributed by atoms with E-state index in [0.29, 0.717) is 24.0 Å². The maximum atomic E-state index is 11.5. The number of aliphatic imine (C=N–C) groups is 2. The zero-order valence-corrected chi connectivity index (χ0v) is 43.8. The first-order chi connectivity index (χ1) is 28.9. The fourth-order valence-electron chi connectivity index (χ4n) is 9.43. The second kappa shape index (κ2) is 29.4. The van der Waals surface area contributed by atoms with Gasteiger partial charge in [0.05, 0.1) is 64.4 Å². The van der Waals surface area contributed by atoms with Crippen LogP contribution in [0.4, 0.5) is 0 Å². The Morgan fingerprint density at radius 2 is 0.952 bits per heavy atom. The van der Waals surface area contributed by atoms with Crippen molar-refractivity contribution < 1.29 is 36.0 Å². The van der Waals surface area contributed by atoms with Crippen molar-refractivity contribution in [3.63, 3.8) is 0 Å². The number of nitrogens with zero attached hydrogens (tertiary/aromatic N) is 4. The van der Waals surface area contributed by atoms with Gasteiger partial charge in [0.1, 0.15) is 11.5 Å². The van der Waals surface area contributed by atoms with Crippen molar-refractivity contribution in [3.8, 4) is 11.5 Å². The third-order valence-corrected chi connectivity index (χ3v) is 13.5. The average molecular weight is 906 g/mol. The minimum atomic E-state index is -0.494. The molecule has 2 aromatic rings. The Morgan fingerprint density at radius 3 is 1.35 bits per heavy atom. The van der Waals surface area contributed by atoms with Crippen LogP contribution in [-0.4, -0.2) is 96.1 Å². The molecule has 357 valence electrons. The number of hydrogen-bond donors (Lipinski definition) is 2. The summed E-state index contributed by atoms with van der Waals surface area (Å²) >= 11 is 0. The van der Waals surface area contributed by atoms with Gasteiger partial charge in [-0.15, -0.1) is 0 Å². The second-order valence-corrected chi connectivity index (χ2v) is 20.9. The minimum absolute atomic E-state index is 0. The third-order valence-electron chi connectivity index (χ3n) is 13.5. The van der Waals surface area contributed by atoms with Crippen LogP contribution in [0.2, 0.25) is 0 Å². The van der Waals surface area contributed by atoms with Gasteiger partial charge in [0.2, 0.25) is 0 Å². The predicted molar refractivity (Wildman–Crippen MR) is 269 cm³/mol. The summed E-state index contributed by atoms with van der Waals surface area (Å²) in [6.07, 6.45) is 24.1. The van der Waals surface area contributed by atoms with Crippen molar-refractivity contribution in [1.82, 2.24) is 0 Å². The van der Waals surface area contributed by atoms with Crippen LogP contribution in [0.15, 0.2) is 34.3 Å². The summed E-state index contributed by atoms with van der Waals surface area (Å²) in [7, 11) is 0. The van der Waals surface area contributed by atoms with Gasteiger partial charge in [-0.1, -0.05) is 113 Å². The summed E-state index contributed by atoms with van der Waals surface area (Å²) in [6.45, 7) is 39.7. The summed E-state index contributed by atoms with van der Waals surface area (Å²) in [4.78, 5) is 9.84. The van der Waals surface area contributed by atoms with Crippen molar-refractivity contribution in [1.29, 1.82) is 0 Å². The summed E-state index contributed by atoms with van der Waals surface area (Å²) in [5.74, 6) is 1.07. The SMILES string of the molecule is CCCC[N+](CCCC)(CCCC)CCCC(CCC[N+](CCCC)(CCCC)CCCC)c1cc(C)c(O)c(C=NC(C)(C)CN=Cc2cc(C)cc(C(C)(C)C)c2O)c1.[Co]. The molecule has 0 aliphatic rings. The number of rotatable bonds is 32. The molecule has 2 N–H and O–H groups in total. The van der Waals surface area contributed by atoms with Crippen molar-refractivity contribution in [2.75, 3.05) is 58.9 Å². The largest absolute Gasteiger partial charge is 0.507 e. The van der Waals surface area contributed by atoms with E-state index in [0.717, 1.165) is 27.8 Å². The Morgan fingerprint density at radius 1 is 0.548 bits per heavy atom. The van der Waals surface area contributed by atoms with Gasteiger partial charge < -0.3 is 19.2 Å². The van der Waals surface area contributed by atoms with E-state index in [1.54, 1.807) is 6.21 Å². The molecule has 6 nitrogen and oxygen atoms in total. The van der Waals surface area contributed by atoms with Gasteiger partial charge >= 0.3 is 0 Å². The third kappa shape index (κ3) is 19.9. The van der Waals surface area contributed by atoms with Crippen LogP contribution in [0, 0.1) is 13.8 Å². The van der Waals surface area contributed by atoms with Crippen LogP contribution in [0.25, 0.3) is 0 Å². The van der Waals surface area contributed by atoms with E-state index in [1.807, 2.05) is 12.3 Å². The number of phenols is 2. The Bertz CT molecular complexity index is 1510. The molecule has 62 heavy (non-hydrogen) atoms. The molecule has 0 aromatic heterocycles. The summed E-state index contributed by atoms with van der Waals surface area (Å²) < 4.78 is 2.58. The average Bonchev–Trinajstić information content (AvgIpc) is 3.22. The molecule has 0 heterocycles. The Labute approximate surface area is 394 Å². The normalized spacial score (nSPS) is 12.9. The molecular formula is C55H98CoN4O2+2. The molecule has 1 radical (unpaired) electrons. The molecule has 2 aromatic carbocycles. The van der Waals surface area contributed by atoms with E-state index in [-0.39, 0.29) is 22.2 Å². The fourth-order valence-corrected chi connectivity index (χ4v) is 9.43. The molecule has 0 bridgehead atoms. The van der Waals surface area contributed by atoms with Gasteiger partial charge in [-0.2, -0.15) is 0 Å². The molecule has 0 spiro atoms. The van der Waals surface area contributed by atoms with Crippen LogP contribution in [0.5, 0.6) is 11.5 Å². The molecule has 0 saturated heterocycles. The summed E-state index contributed by atoms with van der Waals surface area (Å²) in [6, 6.07) is 8.60. The maximum Gasteiger partial charge on any atom is 0.128 e. The topological polar surface area (TPSA) is 65.2 Å². The van der Waals surface area contributed by atoms with Gasteiger partial charge in [-0.3, -0.25) is 9.98 Å². The first kappa shape index (κ1) is 57.8. The van der Waals surface area contributed by atoms with E-state index in [2.05, 4.69) is 108 Å². The number of phenolic OH excluding ortho intramolecular Hbond substituents is 2. The van der Waals surface area contributed by atoms with Crippen LogP contribution < -0.4 is 0 Å². The van der Waals surface area contributed by atoms with Gasteiger partial charge in [0, 0.05) is 45.9 Å². The number of unbranched alkanes of at least 4 members (excludes halogenated alkanes) is 6. The van der Waals surface area contributed by atoms with Crippen molar-refractivity contribution >= 4 is 12.4 Å². The standard InChI is InChI=1S/C55H96N4O2.Co/c1-14-20-30-58(31-21-15-2,32-22-16-3)36-26-28-47(29-27-37-59(33-23-17-4,34-24-18-5)35-25-19-6)48-40-46(8)52(60)50(41-48)43-57-55(12,13)44-56-42-49-38-45(7)39-51(53(49)61)54(9,10)11;/h38-43,47H,14-37,44H2,1-13H3;/p+2. The Hall–Kier alpha value is -2.19. The van der Waals surface area contributed by atoms with E-state index < -0.39 is 5.54 Å². The quantitative estimate of drug-likeness (QED) is 0.0567. The molecule has 0 aliphatic carbocycles. The second-order valence-electron chi connectivity index (χ2n) is 20.9. The van der Waals surface area contributed by atoms with E-state index in [4.69, 9.17) is 9.98 Å². The van der Waals surface area contributed by atoms with Crippen LogP contribution in [-0.2, 0) is 22.2 Å². The number of hydrogen-bond acceptors (Lipinski definition) is 4. The number of aryl methyl sites for hydroxylation is 2. The van der Waals surface area contributed by atoms with Crippen LogP contribution >= 0.6 is 0 Å². The zero-order valence-electron chi connectivity index (χ0n) is 42.7. The molecule has 2 rings (SSSR count). The summed E-state index contributed by atoms with van der Waals surface area (Å²) in [5.41, 5.74) is 5.22. The first-order valence-corrected chi connectivity index (χ1v) is 25.4. The molecule has 0 atom stereocenters. The van der Waals surface area contributed by atoms with Crippen LogP contribution in [0.3, 0.4) is 0 Å². The number of benzene rings is 2. The molecule has 0 aliphatic heterocycles. The van der Waals surface area contributed by atoms with Crippen LogP contribution in [0.1, 0.15) is 218 Å². The monoisotopic (exact) mass is 906 g/mol. The van der Waals surface area contributed by atoms with E-state index in [1.165, 1.54) is 170 Å². The van der Waals surface area contributed by atoms with E-state index >= 15 is 0 Å². The Kier molecular flexibility index (Phi) is 27.4. The maximum absolute atomic E-state index is 11.5. The zero-order chi connectivity index (χ0) is 45.5. The molecule has 0 saturated carbocycles. The number of aromatic hydroxyl groups is 2. The Balaban J connectivity index is 0.0000192. The molecule has 0 unspecified atom stereocenters. The molecule has 0 fully saturated rings. The molecule has 7 heteroatoms.